The van der Waals surface area contributed by atoms with Gasteiger partial charge in [-0.1, -0.05) is 25.7 Å². The molecule has 2 fully saturated rings. The quantitative estimate of drug-likeness (QED) is 0.619. The molecule has 0 bridgehead atoms. The van der Waals surface area contributed by atoms with Gasteiger partial charge in [0.15, 0.2) is 0 Å². The molecule has 1 aliphatic heterocycles. The van der Waals surface area contributed by atoms with E-state index in [4.69, 9.17) is 0 Å². The molecule has 2 aliphatic rings. The standard InChI is InChI=1S/C13H23NO/c15-13-9-5-6-10-14(11-13)12-7-3-1-2-4-8-12/h12H,1-11H2. The van der Waals surface area contributed by atoms with Crippen molar-refractivity contribution in [1.29, 1.82) is 0 Å². The van der Waals surface area contributed by atoms with Crippen LogP contribution in [-0.4, -0.2) is 29.8 Å². The Labute approximate surface area is 93.0 Å². The molecule has 2 heteroatoms. The lowest BCUT2D eigenvalue weighted by atomic mass is 10.1. The number of nitrogens with zero attached hydrogens (tertiary/aromatic N) is 1. The van der Waals surface area contributed by atoms with Gasteiger partial charge < -0.3 is 0 Å². The predicted octanol–water partition coefficient (Wildman–Crippen LogP) is 2.76. The Morgan fingerprint density at radius 1 is 0.933 bits per heavy atom. The fraction of sp³-hybridized carbons (Fsp3) is 0.923. The van der Waals surface area contributed by atoms with Crippen LogP contribution in [0.15, 0.2) is 0 Å². The highest BCUT2D eigenvalue weighted by atomic mass is 16.1. The molecule has 0 spiro atoms. The number of hydrogen-bond donors (Lipinski definition) is 0. The summed E-state index contributed by atoms with van der Waals surface area (Å²) in [5.74, 6) is 0.469. The summed E-state index contributed by atoms with van der Waals surface area (Å²) in [7, 11) is 0. The molecule has 0 unspecified atom stereocenters. The Balaban J connectivity index is 1.91. The van der Waals surface area contributed by atoms with Crippen LogP contribution >= 0.6 is 0 Å². The number of carbonyl (C=O) groups excluding carboxylic acids is 1. The van der Waals surface area contributed by atoms with Gasteiger partial charge in [-0.3, -0.25) is 9.69 Å². The van der Waals surface area contributed by atoms with E-state index in [1.807, 2.05) is 0 Å². The number of rotatable bonds is 1. The average molecular weight is 209 g/mol. The van der Waals surface area contributed by atoms with E-state index in [0.717, 1.165) is 32.0 Å². The first-order chi connectivity index (χ1) is 7.36. The Morgan fingerprint density at radius 3 is 2.40 bits per heavy atom. The first kappa shape index (κ1) is 11.1. The van der Waals surface area contributed by atoms with Gasteiger partial charge in [-0.25, -0.2) is 0 Å². The van der Waals surface area contributed by atoms with E-state index in [-0.39, 0.29) is 0 Å². The maximum absolute atomic E-state index is 11.6. The van der Waals surface area contributed by atoms with Crippen molar-refractivity contribution < 1.29 is 4.79 Å². The van der Waals surface area contributed by atoms with Crippen molar-refractivity contribution in [2.75, 3.05) is 13.1 Å². The molecule has 86 valence electrons. The molecule has 0 radical (unpaired) electrons. The van der Waals surface area contributed by atoms with Crippen LogP contribution in [0.2, 0.25) is 0 Å². The van der Waals surface area contributed by atoms with Crippen LogP contribution in [0.25, 0.3) is 0 Å². The van der Waals surface area contributed by atoms with Crippen molar-refractivity contribution in [3.8, 4) is 0 Å². The van der Waals surface area contributed by atoms with Gasteiger partial charge in [0.05, 0.1) is 6.54 Å². The molecule has 0 atom stereocenters. The zero-order valence-corrected chi connectivity index (χ0v) is 9.71. The normalized spacial score (nSPS) is 27.3. The van der Waals surface area contributed by atoms with E-state index < -0.39 is 0 Å². The van der Waals surface area contributed by atoms with Crippen LogP contribution in [0, 0.1) is 0 Å². The van der Waals surface area contributed by atoms with Crippen molar-refractivity contribution >= 4 is 5.78 Å². The average Bonchev–Trinajstić information content (AvgIpc) is 2.59. The predicted molar refractivity (Wildman–Crippen MR) is 61.9 cm³/mol. The number of ketones is 1. The van der Waals surface area contributed by atoms with Gasteiger partial charge in [0.1, 0.15) is 5.78 Å². The molecule has 2 rings (SSSR count). The molecule has 0 N–H and O–H groups in total. The van der Waals surface area contributed by atoms with Gasteiger partial charge in [0, 0.05) is 12.5 Å². The van der Waals surface area contributed by atoms with Gasteiger partial charge in [0.25, 0.3) is 0 Å². The molecule has 2 nitrogen and oxygen atoms in total. The third-order valence-electron chi connectivity index (χ3n) is 3.87. The third kappa shape index (κ3) is 3.30. The second kappa shape index (κ2) is 5.64. The van der Waals surface area contributed by atoms with Crippen LogP contribution in [0.4, 0.5) is 0 Å². The minimum absolute atomic E-state index is 0.469. The van der Waals surface area contributed by atoms with E-state index in [1.54, 1.807) is 0 Å². The molecule has 1 saturated carbocycles. The second-order valence-corrected chi connectivity index (χ2v) is 5.11. The molecule has 0 aromatic carbocycles. The Morgan fingerprint density at radius 2 is 1.67 bits per heavy atom. The van der Waals surface area contributed by atoms with Crippen LogP contribution < -0.4 is 0 Å². The largest absolute Gasteiger partial charge is 0.298 e. The van der Waals surface area contributed by atoms with E-state index in [2.05, 4.69) is 4.90 Å². The maximum atomic E-state index is 11.6. The Hall–Kier alpha value is -0.370. The minimum Gasteiger partial charge on any atom is -0.298 e. The van der Waals surface area contributed by atoms with E-state index in [9.17, 15) is 4.79 Å². The molecule has 1 saturated heterocycles. The van der Waals surface area contributed by atoms with Crippen molar-refractivity contribution in [3.63, 3.8) is 0 Å². The smallest absolute Gasteiger partial charge is 0.146 e. The minimum atomic E-state index is 0.469. The maximum Gasteiger partial charge on any atom is 0.146 e. The lowest BCUT2D eigenvalue weighted by Gasteiger charge is -2.29. The van der Waals surface area contributed by atoms with Gasteiger partial charge in [-0.2, -0.15) is 0 Å². The van der Waals surface area contributed by atoms with Crippen molar-refractivity contribution in [3.05, 3.63) is 0 Å². The number of carbonyl (C=O) groups is 1. The van der Waals surface area contributed by atoms with Gasteiger partial charge in [-0.05, 0) is 32.2 Å². The van der Waals surface area contributed by atoms with E-state index in [1.165, 1.54) is 44.9 Å². The Kier molecular flexibility index (Phi) is 4.18. The number of hydrogen-bond acceptors (Lipinski definition) is 2. The highest BCUT2D eigenvalue weighted by Crippen LogP contribution is 2.23. The molecule has 0 aromatic heterocycles. The SMILES string of the molecule is O=C1CCCCN(C2CCCCCC2)C1. The fourth-order valence-corrected chi connectivity index (χ4v) is 2.96. The first-order valence-electron chi connectivity index (χ1n) is 6.62. The summed E-state index contributed by atoms with van der Waals surface area (Å²) in [6.45, 7) is 1.90. The molecule has 1 aliphatic carbocycles. The lowest BCUT2D eigenvalue weighted by molar-refractivity contribution is -0.120. The molecular formula is C13H23NO. The monoisotopic (exact) mass is 209 g/mol. The number of likely N-dealkylation sites (tertiary alicyclic amines) is 1. The first-order valence-corrected chi connectivity index (χ1v) is 6.62. The van der Waals surface area contributed by atoms with Gasteiger partial charge in [0.2, 0.25) is 0 Å². The molecule has 1 heterocycles. The zero-order valence-electron chi connectivity index (χ0n) is 9.71. The molecule has 0 amide bonds. The molecule has 0 aromatic rings. The fourth-order valence-electron chi connectivity index (χ4n) is 2.96. The number of Topliss-reactive ketones (excluding diaryl/α,β-unsaturated/α-hetero) is 1. The summed E-state index contributed by atoms with van der Waals surface area (Å²) in [6.07, 6.45) is 11.4. The molecular weight excluding hydrogens is 186 g/mol. The van der Waals surface area contributed by atoms with Crippen LogP contribution in [0.3, 0.4) is 0 Å². The second-order valence-electron chi connectivity index (χ2n) is 5.11. The van der Waals surface area contributed by atoms with Crippen LogP contribution in [0.5, 0.6) is 0 Å². The van der Waals surface area contributed by atoms with Crippen molar-refractivity contribution in [2.24, 2.45) is 0 Å². The zero-order chi connectivity index (χ0) is 10.5. The third-order valence-corrected chi connectivity index (χ3v) is 3.87. The summed E-state index contributed by atoms with van der Waals surface area (Å²) in [5.41, 5.74) is 0. The van der Waals surface area contributed by atoms with E-state index >= 15 is 0 Å². The van der Waals surface area contributed by atoms with Crippen molar-refractivity contribution in [1.82, 2.24) is 4.90 Å². The topological polar surface area (TPSA) is 20.3 Å². The highest BCUT2D eigenvalue weighted by Gasteiger charge is 2.23. The van der Waals surface area contributed by atoms with Crippen LogP contribution in [0.1, 0.15) is 57.8 Å². The van der Waals surface area contributed by atoms with Gasteiger partial charge in [-0.15, -0.1) is 0 Å². The summed E-state index contributed by atoms with van der Waals surface area (Å²) >= 11 is 0. The van der Waals surface area contributed by atoms with Gasteiger partial charge >= 0.3 is 0 Å². The van der Waals surface area contributed by atoms with E-state index in [0.29, 0.717) is 5.78 Å². The summed E-state index contributed by atoms with van der Waals surface area (Å²) in [6, 6.07) is 0.717. The Bertz CT molecular complexity index is 207. The highest BCUT2D eigenvalue weighted by molar-refractivity contribution is 5.80. The summed E-state index contributed by atoms with van der Waals surface area (Å²) in [4.78, 5) is 14.1. The van der Waals surface area contributed by atoms with Crippen LogP contribution in [-0.2, 0) is 4.79 Å². The summed E-state index contributed by atoms with van der Waals surface area (Å²) < 4.78 is 0. The van der Waals surface area contributed by atoms with Crippen molar-refractivity contribution in [2.45, 2.75) is 63.8 Å². The lowest BCUT2D eigenvalue weighted by Crippen LogP contribution is -2.38. The summed E-state index contributed by atoms with van der Waals surface area (Å²) in [5, 5.41) is 0. The molecule has 15 heavy (non-hydrogen) atoms.